The largest absolute Gasteiger partial charge is 0.479 e. The van der Waals surface area contributed by atoms with E-state index in [1.54, 1.807) is 6.92 Å². The summed E-state index contributed by atoms with van der Waals surface area (Å²) in [7, 11) is -2.79. The fourth-order valence-electron chi connectivity index (χ4n) is 9.93. The molecule has 25 atom stereocenters. The molecule has 5 aliphatic rings. The first-order valence-electron chi connectivity index (χ1n) is 25.2. The van der Waals surface area contributed by atoms with Gasteiger partial charge in [0.25, 0.3) is 0 Å². The molecule has 0 radical (unpaired) electrons. The zero-order chi connectivity index (χ0) is 68.6. The third-order valence-corrected chi connectivity index (χ3v) is 16.5. The minimum atomic E-state index is -5.51. The van der Waals surface area contributed by atoms with Crippen molar-refractivity contribution >= 4 is 94.4 Å². The lowest BCUT2D eigenvalue weighted by molar-refractivity contribution is -0.437. The molecule has 5 fully saturated rings. The fraction of sp³-hybridized carbons (Fsp3) is 0.947. The molecule has 9 N–H and O–H groups in total. The Hall–Kier alpha value is -1.01. The second-order valence-corrected chi connectivity index (χ2v) is 22.9. The van der Waals surface area contributed by atoms with Crippen LogP contribution in [0.5, 0.6) is 0 Å². The number of aliphatic carboxylic acids is 2. The average Bonchev–Trinajstić information content (AvgIpc) is 0.771. The first-order valence-corrected chi connectivity index (χ1v) is 31.3. The zero-order valence-electron chi connectivity index (χ0n) is 48.4. The van der Waals surface area contributed by atoms with Crippen LogP contribution in [0.15, 0.2) is 0 Å². The smallest absolute Gasteiger partial charge is 0.397 e. The van der Waals surface area contributed by atoms with E-state index in [9.17, 15) is 51.0 Å². The molecule has 55 heteroatoms. The van der Waals surface area contributed by atoms with Gasteiger partial charge in [-0.15, -0.1) is 21.7 Å². The first-order chi connectivity index (χ1) is 44.5. The van der Waals surface area contributed by atoms with Gasteiger partial charge >= 0.3 is 32.7 Å². The van der Waals surface area contributed by atoms with Crippen LogP contribution in [0, 0.1) is 5.92 Å². The predicted octanol–water partition coefficient (Wildman–Crippen LogP) is -1.19. The highest BCUT2D eigenvalue weighted by Crippen LogP contribution is 2.43. The van der Waals surface area contributed by atoms with Gasteiger partial charge < -0.3 is 86.0 Å². The quantitative estimate of drug-likeness (QED) is 0.0114. The zero-order valence-corrected chi connectivity index (χ0v) is 54.1. The van der Waals surface area contributed by atoms with Gasteiger partial charge in [-0.05, 0) is 0 Å². The Morgan fingerprint density at radius 3 is 1.05 bits per heavy atom. The summed E-state index contributed by atoms with van der Waals surface area (Å²) < 4.78 is 221. The maximum Gasteiger partial charge on any atom is 0.397 e. The van der Waals surface area contributed by atoms with E-state index in [1.165, 1.54) is 14.2 Å². The van der Waals surface area contributed by atoms with Gasteiger partial charge in [0.2, 0.25) is 0 Å². The van der Waals surface area contributed by atoms with E-state index in [0.29, 0.717) is 0 Å². The van der Waals surface area contributed by atoms with Gasteiger partial charge in [0, 0.05) is 55.7 Å². The Balaban J connectivity index is 1.57. The van der Waals surface area contributed by atoms with E-state index in [0.717, 1.165) is 35.5 Å². The maximum absolute atomic E-state index is 13.5. The average molecular weight is 1510 g/mol. The molecule has 0 amide bonds. The second-order valence-electron chi connectivity index (χ2n) is 18.4. The minimum absolute atomic E-state index is 0.0237. The predicted molar refractivity (Wildman–Crippen MR) is 281 cm³/mol. The normalized spacial score (nSPS) is 37.0. The van der Waals surface area contributed by atoms with Crippen molar-refractivity contribution in [1.29, 1.82) is 0 Å². The number of hydrogen-bond acceptors (Lipinski definition) is 49. The van der Waals surface area contributed by atoms with Crippen LogP contribution in [0.3, 0.4) is 0 Å². The summed E-state index contributed by atoms with van der Waals surface area (Å²) in [5.41, 5.74) is 0. The standard InChI is InChI=1S/C38H64O48S7/c1-12-13(10-62-92(48,49)50)64-35(27(57-5)16(12)54-2)69-21-19(55-3)28(58-6)37(71-25(21)32(39)40)68-18-15(11-63-93(51,52)53)66-38(31(76-91-86-81-47)24(18)74-89-84-79-45)70-22-20(56-4)29(59-7)36(72-26(22)33(41)42)67-17-14(9-61-87-82-77-43)65-34(60-8)30(75-90-85-80-46)23(17)73-88-83-78-44/h12-31,34-38,43-47H,9-11H2,1-8H3,(H,39,40)(H,41,42)(H,48,49,50)(H,51,52,53)/t12-,13?,14?,15+,16+,17-,18-,19+,20?,21+,22+,23+,24?,25?,26-,27?,28?,29?,30?,31?,34+,35+,36+,37-,38-/m1/s1. The van der Waals surface area contributed by atoms with Crippen molar-refractivity contribution < 1.29 is 224 Å². The Bertz CT molecular complexity index is 2370. The summed E-state index contributed by atoms with van der Waals surface area (Å²) in [6.45, 7) is -1.29. The molecule has 5 rings (SSSR count). The molecule has 0 spiro atoms. The van der Waals surface area contributed by atoms with Crippen molar-refractivity contribution in [3.05, 3.63) is 0 Å². The molecule has 0 aromatic carbocycles. The van der Waals surface area contributed by atoms with Crippen LogP contribution in [0.2, 0.25) is 0 Å². The lowest BCUT2D eigenvalue weighted by Crippen LogP contribution is -2.69. The molecule has 93 heavy (non-hydrogen) atoms. The lowest BCUT2D eigenvalue weighted by atomic mass is 9.90. The minimum Gasteiger partial charge on any atom is -0.479 e. The number of hydrogen-bond donors (Lipinski definition) is 9. The third kappa shape index (κ3) is 23.5. The highest BCUT2D eigenvalue weighted by molar-refractivity contribution is 7.90. The molecule has 5 saturated heterocycles. The second kappa shape index (κ2) is 41.7. The Labute approximate surface area is 546 Å². The number of rotatable bonds is 44. The molecular formula is C38H64O48S7. The summed E-state index contributed by atoms with van der Waals surface area (Å²) in [6.07, 6.45) is -43.8. The van der Waals surface area contributed by atoms with Gasteiger partial charge in [-0.2, -0.15) is 16.8 Å². The van der Waals surface area contributed by atoms with Crippen LogP contribution in [0.4, 0.5) is 0 Å². The van der Waals surface area contributed by atoms with Crippen molar-refractivity contribution in [2.75, 3.05) is 69.6 Å². The summed E-state index contributed by atoms with van der Waals surface area (Å²) >= 11 is -0.531. The Morgan fingerprint density at radius 2 is 0.677 bits per heavy atom. The highest BCUT2D eigenvalue weighted by atomic mass is 32.3. The summed E-state index contributed by atoms with van der Waals surface area (Å²) in [5.74, 6) is -4.46. The van der Waals surface area contributed by atoms with E-state index < -0.39 is 206 Å². The molecule has 546 valence electrons. The molecule has 0 aromatic rings. The third-order valence-electron chi connectivity index (χ3n) is 13.6. The molecule has 10 unspecified atom stereocenters. The van der Waals surface area contributed by atoms with Crippen LogP contribution in [0.1, 0.15) is 6.92 Å². The molecule has 0 saturated carbocycles. The van der Waals surface area contributed by atoms with Gasteiger partial charge in [-0.1, -0.05) is 32.1 Å². The maximum atomic E-state index is 13.5. The van der Waals surface area contributed by atoms with Gasteiger partial charge in [0.15, 0.2) is 117 Å². The molecule has 5 aliphatic heterocycles. The molecule has 48 nitrogen and oxygen atoms in total. The van der Waals surface area contributed by atoms with Crippen molar-refractivity contribution in [2.24, 2.45) is 5.92 Å². The molecular weight excluding hydrogens is 1450 g/mol. The van der Waals surface area contributed by atoms with Crippen LogP contribution in [-0.2, 0) is 182 Å². The molecule has 5 heterocycles. The first kappa shape index (κ1) is 82.7. The number of carboxylic acid groups (broad SMARTS) is 2. The van der Waals surface area contributed by atoms with Crippen LogP contribution < -0.4 is 0 Å². The highest BCUT2D eigenvalue weighted by Gasteiger charge is 2.61. The summed E-state index contributed by atoms with van der Waals surface area (Å²) in [4.78, 5) is 26.8. The van der Waals surface area contributed by atoms with E-state index >= 15 is 0 Å². The van der Waals surface area contributed by atoms with Gasteiger partial charge in [0.05, 0.1) is 32.0 Å². The van der Waals surface area contributed by atoms with Crippen molar-refractivity contribution in [3.63, 3.8) is 0 Å². The van der Waals surface area contributed by atoms with Gasteiger partial charge in [0.1, 0.15) is 79.4 Å². The van der Waals surface area contributed by atoms with Crippen LogP contribution in [0.25, 0.3) is 0 Å². The Kier molecular flexibility index (Phi) is 37.0. The van der Waals surface area contributed by atoms with Crippen LogP contribution >= 0.6 is 61.6 Å². The van der Waals surface area contributed by atoms with Crippen LogP contribution in [-0.4, -0.2) is 291 Å². The summed E-state index contributed by atoms with van der Waals surface area (Å²) in [5, 5.41) is 84.5. The molecule has 0 bridgehead atoms. The number of carbonyl (C=O) groups is 2. The van der Waals surface area contributed by atoms with Crippen molar-refractivity contribution in [1.82, 2.24) is 0 Å². The summed E-state index contributed by atoms with van der Waals surface area (Å²) in [6, 6.07) is 0. The number of carboxylic acids is 2. The van der Waals surface area contributed by atoms with E-state index in [-0.39, 0.29) is 61.6 Å². The van der Waals surface area contributed by atoms with Gasteiger partial charge in [-0.3, -0.25) is 30.0 Å². The monoisotopic (exact) mass is 1510 g/mol. The lowest BCUT2D eigenvalue weighted by Gasteiger charge is -2.51. The topological polar surface area (TPSA) is 589 Å². The van der Waals surface area contributed by atoms with Crippen molar-refractivity contribution in [2.45, 2.75) is 154 Å². The SMILES string of the molecule is COC1C(OC)[C@H](O[C@H]2O[C@@H](COS(=O)(=O)O)[C@@H](O[C@@H]3OC(C(=O)O)[C@@H](O[C@@H]4OC(COS(=O)(=O)O)[C@@H](C)[C@H](OC)C4OC)[C@H](OC)C3OC)C(OSOOO)C2OSOOO)[C@H](C(=O)O)O[C@@H]1O[C@@H]1C(COSOOO)O[C@H](OC)C(OSOOO)[C@H]1OSOOO. The van der Waals surface area contributed by atoms with Gasteiger partial charge in [-0.25, -0.2) is 44.2 Å². The van der Waals surface area contributed by atoms with Crippen molar-refractivity contribution in [3.8, 4) is 0 Å². The number of ether oxygens (including phenoxy) is 16. The van der Waals surface area contributed by atoms with E-state index in [2.05, 4.69) is 51.0 Å². The Morgan fingerprint density at radius 1 is 0.366 bits per heavy atom. The molecule has 0 aromatic heterocycles. The number of methoxy groups -OCH3 is 7. The fourth-order valence-corrected chi connectivity index (χ4v) is 12.2. The van der Waals surface area contributed by atoms with E-state index in [1.807, 2.05) is 0 Å². The molecule has 0 aliphatic carbocycles. The van der Waals surface area contributed by atoms with E-state index in [4.69, 9.17) is 122 Å².